The third-order valence-corrected chi connectivity index (χ3v) is 5.60. The van der Waals surface area contributed by atoms with E-state index in [1.807, 2.05) is 0 Å². The Morgan fingerprint density at radius 3 is 2.77 bits per heavy atom. The lowest BCUT2D eigenvalue weighted by Crippen LogP contribution is -2.38. The number of aryl methyl sites for hydroxylation is 1. The van der Waals surface area contributed by atoms with Gasteiger partial charge in [0.2, 0.25) is 11.8 Å². The van der Waals surface area contributed by atoms with E-state index >= 15 is 0 Å². The SMILES string of the molecule is C=CCCCC(=O)NC[C@@]12C[C@@H](C(=O)Nc3nc(C(F)(F)F)ccc3C)N[C@@H]1C2.Cl. The van der Waals surface area contributed by atoms with Crippen LogP contribution in [-0.4, -0.2) is 35.4 Å². The van der Waals surface area contributed by atoms with Crippen LogP contribution in [0.2, 0.25) is 0 Å². The van der Waals surface area contributed by atoms with Gasteiger partial charge in [-0.1, -0.05) is 12.1 Å². The molecule has 1 aliphatic carbocycles. The predicted molar refractivity (Wildman–Crippen MR) is 109 cm³/mol. The average Bonchev–Trinajstić information content (AvgIpc) is 3.21. The van der Waals surface area contributed by atoms with Crippen LogP contribution in [0.5, 0.6) is 0 Å². The minimum Gasteiger partial charge on any atom is -0.355 e. The van der Waals surface area contributed by atoms with Crippen molar-refractivity contribution in [1.29, 1.82) is 0 Å². The van der Waals surface area contributed by atoms with E-state index in [1.54, 1.807) is 13.0 Å². The number of carbonyl (C=O) groups excluding carboxylic acids is 2. The summed E-state index contributed by atoms with van der Waals surface area (Å²) < 4.78 is 38.6. The zero-order chi connectivity index (χ0) is 21.2. The molecule has 2 aliphatic rings. The first-order valence-electron chi connectivity index (χ1n) is 9.64. The summed E-state index contributed by atoms with van der Waals surface area (Å²) in [6.07, 6.45) is 0.554. The summed E-state index contributed by atoms with van der Waals surface area (Å²) in [7, 11) is 0. The summed E-state index contributed by atoms with van der Waals surface area (Å²) >= 11 is 0. The van der Waals surface area contributed by atoms with Gasteiger partial charge in [0.05, 0.1) is 6.04 Å². The normalized spacial score (nSPS) is 24.4. The van der Waals surface area contributed by atoms with E-state index in [-0.39, 0.29) is 35.6 Å². The van der Waals surface area contributed by atoms with E-state index in [9.17, 15) is 22.8 Å². The van der Waals surface area contributed by atoms with Gasteiger partial charge in [0.15, 0.2) is 0 Å². The van der Waals surface area contributed by atoms with Gasteiger partial charge in [-0.2, -0.15) is 13.2 Å². The first-order chi connectivity index (χ1) is 13.6. The number of carbonyl (C=O) groups is 2. The van der Waals surface area contributed by atoms with Crippen LogP contribution in [0.4, 0.5) is 19.0 Å². The molecule has 1 aromatic rings. The molecule has 30 heavy (non-hydrogen) atoms. The third-order valence-electron chi connectivity index (χ3n) is 5.60. The van der Waals surface area contributed by atoms with Gasteiger partial charge in [0.1, 0.15) is 11.5 Å². The highest BCUT2D eigenvalue weighted by Crippen LogP contribution is 2.54. The first-order valence-corrected chi connectivity index (χ1v) is 9.64. The number of halogens is 4. The second-order valence-corrected chi connectivity index (χ2v) is 7.85. The molecule has 1 saturated heterocycles. The monoisotopic (exact) mass is 446 g/mol. The van der Waals surface area contributed by atoms with Crippen LogP contribution < -0.4 is 16.0 Å². The smallest absolute Gasteiger partial charge is 0.355 e. The van der Waals surface area contributed by atoms with Crippen molar-refractivity contribution < 1.29 is 22.8 Å². The van der Waals surface area contributed by atoms with E-state index in [4.69, 9.17) is 0 Å². The number of fused-ring (bicyclic) bond motifs is 1. The molecule has 0 aromatic carbocycles. The molecule has 3 rings (SSSR count). The number of allylic oxidation sites excluding steroid dienone is 1. The molecule has 0 spiro atoms. The van der Waals surface area contributed by atoms with Crippen LogP contribution in [0, 0.1) is 12.3 Å². The second kappa shape index (κ2) is 9.34. The lowest BCUT2D eigenvalue weighted by molar-refractivity contribution is -0.141. The Kier molecular flexibility index (Phi) is 7.52. The third kappa shape index (κ3) is 5.51. The zero-order valence-electron chi connectivity index (χ0n) is 16.6. The molecule has 166 valence electrons. The van der Waals surface area contributed by atoms with Crippen molar-refractivity contribution in [1.82, 2.24) is 15.6 Å². The minimum absolute atomic E-state index is 0. The maximum absolute atomic E-state index is 12.9. The van der Waals surface area contributed by atoms with Crippen LogP contribution in [0.25, 0.3) is 0 Å². The van der Waals surface area contributed by atoms with Gasteiger partial charge in [-0.15, -0.1) is 19.0 Å². The van der Waals surface area contributed by atoms with Gasteiger partial charge in [0, 0.05) is 24.4 Å². The van der Waals surface area contributed by atoms with Crippen molar-refractivity contribution in [2.24, 2.45) is 5.41 Å². The van der Waals surface area contributed by atoms with Crippen molar-refractivity contribution in [2.75, 3.05) is 11.9 Å². The molecule has 1 saturated carbocycles. The van der Waals surface area contributed by atoms with Crippen molar-refractivity contribution in [3.8, 4) is 0 Å². The Morgan fingerprint density at radius 2 is 2.10 bits per heavy atom. The quantitative estimate of drug-likeness (QED) is 0.422. The van der Waals surface area contributed by atoms with Gasteiger partial charge in [-0.05, 0) is 44.2 Å². The molecular formula is C20H26ClF3N4O2. The fraction of sp³-hybridized carbons (Fsp3) is 0.550. The van der Waals surface area contributed by atoms with Gasteiger partial charge in [-0.3, -0.25) is 9.59 Å². The van der Waals surface area contributed by atoms with Crippen LogP contribution >= 0.6 is 12.4 Å². The number of hydrogen-bond donors (Lipinski definition) is 3. The lowest BCUT2D eigenvalue weighted by Gasteiger charge is -2.18. The Morgan fingerprint density at radius 1 is 1.37 bits per heavy atom. The molecule has 2 fully saturated rings. The number of unbranched alkanes of at least 4 members (excludes halogenated alkanes) is 1. The van der Waals surface area contributed by atoms with Gasteiger partial charge >= 0.3 is 6.18 Å². The standard InChI is InChI=1S/C20H25F3N4O2.ClH/c1-3-4-5-6-16(28)24-11-19-9-13(25-15(19)10-19)18(29)27-17-12(2)7-8-14(26-17)20(21,22)23;/h3,7-8,13,15,25H,1,4-6,9-11H2,2H3,(H,24,28)(H,26,27,29);1H/t13-,15+,19-;/m0./s1. The van der Waals surface area contributed by atoms with Crippen LogP contribution in [-0.2, 0) is 15.8 Å². The number of rotatable bonds is 8. The number of amides is 2. The van der Waals surface area contributed by atoms with Crippen LogP contribution in [0.3, 0.4) is 0 Å². The Balaban J connectivity index is 0.00000320. The summed E-state index contributed by atoms with van der Waals surface area (Å²) in [4.78, 5) is 28.0. The molecule has 2 heterocycles. The number of pyridine rings is 1. The van der Waals surface area contributed by atoms with E-state index < -0.39 is 23.8 Å². The number of piperidine rings is 1. The minimum atomic E-state index is -4.58. The molecule has 1 aliphatic heterocycles. The number of aromatic nitrogens is 1. The highest BCUT2D eigenvalue weighted by Gasteiger charge is 2.61. The van der Waals surface area contributed by atoms with E-state index in [2.05, 4.69) is 27.5 Å². The predicted octanol–water partition coefficient (Wildman–Crippen LogP) is 3.36. The van der Waals surface area contributed by atoms with Crippen LogP contribution in [0.1, 0.15) is 43.4 Å². The molecule has 6 nitrogen and oxygen atoms in total. The summed E-state index contributed by atoms with van der Waals surface area (Å²) in [5, 5.41) is 8.64. The number of alkyl halides is 3. The summed E-state index contributed by atoms with van der Waals surface area (Å²) in [5.41, 5.74) is -0.751. The van der Waals surface area contributed by atoms with Gasteiger partial charge in [-0.25, -0.2) is 4.98 Å². The Labute approximate surface area is 179 Å². The highest BCUT2D eigenvalue weighted by atomic mass is 35.5. The zero-order valence-corrected chi connectivity index (χ0v) is 17.5. The largest absolute Gasteiger partial charge is 0.433 e. The van der Waals surface area contributed by atoms with Crippen molar-refractivity contribution in [3.05, 3.63) is 36.0 Å². The fourth-order valence-electron chi connectivity index (χ4n) is 3.74. The number of anilines is 1. The topological polar surface area (TPSA) is 83.1 Å². The molecule has 3 N–H and O–H groups in total. The van der Waals surface area contributed by atoms with Gasteiger partial charge < -0.3 is 16.0 Å². The Bertz CT molecular complexity index is 818. The molecule has 1 aromatic heterocycles. The first kappa shape index (κ1) is 24.1. The molecule has 0 radical (unpaired) electrons. The number of nitrogens with zero attached hydrogens (tertiary/aromatic N) is 1. The fourth-order valence-corrected chi connectivity index (χ4v) is 3.74. The second-order valence-electron chi connectivity index (χ2n) is 7.85. The Hall–Kier alpha value is -2.13. The number of hydrogen-bond acceptors (Lipinski definition) is 4. The molecule has 0 bridgehead atoms. The maximum atomic E-state index is 12.9. The lowest BCUT2D eigenvalue weighted by atomic mass is 9.99. The van der Waals surface area contributed by atoms with Crippen molar-refractivity contribution in [2.45, 2.75) is 57.3 Å². The van der Waals surface area contributed by atoms with Crippen LogP contribution in [0.15, 0.2) is 24.8 Å². The van der Waals surface area contributed by atoms with E-state index in [0.29, 0.717) is 24.9 Å². The van der Waals surface area contributed by atoms with Crippen molar-refractivity contribution in [3.63, 3.8) is 0 Å². The summed E-state index contributed by atoms with van der Waals surface area (Å²) in [6.45, 7) is 5.70. The van der Waals surface area contributed by atoms with Gasteiger partial charge in [0.25, 0.3) is 0 Å². The van der Waals surface area contributed by atoms with Crippen molar-refractivity contribution >= 4 is 30.0 Å². The molecule has 3 atom stereocenters. The van der Waals surface area contributed by atoms with E-state index in [1.165, 1.54) is 6.07 Å². The van der Waals surface area contributed by atoms with E-state index in [0.717, 1.165) is 25.3 Å². The molecular weight excluding hydrogens is 421 g/mol. The molecule has 0 unspecified atom stereocenters. The molecule has 10 heteroatoms. The average molecular weight is 447 g/mol. The number of nitrogens with one attached hydrogen (secondary N) is 3. The highest BCUT2D eigenvalue weighted by molar-refractivity contribution is 5.95. The summed E-state index contributed by atoms with van der Waals surface area (Å²) in [6, 6.07) is 1.78. The maximum Gasteiger partial charge on any atom is 0.433 e. The molecule has 2 amide bonds. The summed E-state index contributed by atoms with van der Waals surface area (Å²) in [5.74, 6) is -0.524.